The Balaban J connectivity index is 2.03. The molecule has 0 radical (unpaired) electrons. The maximum absolute atomic E-state index is 12.4. The van der Waals surface area contributed by atoms with Gasteiger partial charge in [0.2, 0.25) is 0 Å². The zero-order chi connectivity index (χ0) is 14.7. The van der Waals surface area contributed by atoms with Gasteiger partial charge in [-0.3, -0.25) is 0 Å². The van der Waals surface area contributed by atoms with Gasteiger partial charge in [-0.2, -0.15) is 0 Å². The van der Waals surface area contributed by atoms with Gasteiger partial charge in [-0.25, -0.2) is 4.79 Å². The number of rotatable bonds is 5. The first kappa shape index (κ1) is 14.9. The van der Waals surface area contributed by atoms with Crippen LogP contribution in [0.15, 0.2) is 24.3 Å². The molecule has 4 heteroatoms. The summed E-state index contributed by atoms with van der Waals surface area (Å²) in [4.78, 5) is 14.4. The van der Waals surface area contributed by atoms with E-state index in [1.165, 1.54) is 0 Å². The Morgan fingerprint density at radius 3 is 2.65 bits per heavy atom. The number of carbonyl (C=O) groups is 1. The monoisotopic (exact) mass is 275 g/mol. The van der Waals surface area contributed by atoms with Crippen molar-refractivity contribution in [3.8, 4) is 0 Å². The molecule has 1 atom stereocenters. The third-order valence-corrected chi connectivity index (χ3v) is 3.47. The van der Waals surface area contributed by atoms with E-state index in [2.05, 4.69) is 19.2 Å². The fraction of sp³-hybridized carbons (Fsp3) is 0.562. The Labute approximate surface area is 121 Å². The predicted molar refractivity (Wildman–Crippen MR) is 82.6 cm³/mol. The molecule has 1 aliphatic rings. The van der Waals surface area contributed by atoms with Crippen molar-refractivity contribution < 1.29 is 4.79 Å². The van der Waals surface area contributed by atoms with Gasteiger partial charge in [0.25, 0.3) is 0 Å². The van der Waals surface area contributed by atoms with Gasteiger partial charge in [0.05, 0.1) is 0 Å². The van der Waals surface area contributed by atoms with Gasteiger partial charge < -0.3 is 16.0 Å². The van der Waals surface area contributed by atoms with Crippen LogP contribution >= 0.6 is 0 Å². The quantitative estimate of drug-likeness (QED) is 0.865. The molecule has 4 nitrogen and oxygen atoms in total. The summed E-state index contributed by atoms with van der Waals surface area (Å²) in [6.07, 6.45) is 2.25. The van der Waals surface area contributed by atoms with Gasteiger partial charge in [0, 0.05) is 24.3 Å². The van der Waals surface area contributed by atoms with E-state index in [-0.39, 0.29) is 12.1 Å². The van der Waals surface area contributed by atoms with Crippen LogP contribution in [0.2, 0.25) is 0 Å². The maximum Gasteiger partial charge on any atom is 0.322 e. The van der Waals surface area contributed by atoms with Crippen molar-refractivity contribution in [2.75, 3.05) is 11.9 Å². The molecule has 1 saturated carbocycles. The molecule has 0 spiro atoms. The Kier molecular flexibility index (Phi) is 4.65. The molecule has 1 aromatic rings. The average Bonchev–Trinajstić information content (AvgIpc) is 3.20. The van der Waals surface area contributed by atoms with Crippen molar-refractivity contribution in [2.24, 2.45) is 11.7 Å². The number of nitrogens with two attached hydrogens (primary N) is 1. The van der Waals surface area contributed by atoms with Crippen LogP contribution in [0.3, 0.4) is 0 Å². The Morgan fingerprint density at radius 1 is 1.40 bits per heavy atom. The normalized spacial score (nSPS) is 16.1. The summed E-state index contributed by atoms with van der Waals surface area (Å²) in [5.41, 5.74) is 7.72. The van der Waals surface area contributed by atoms with Gasteiger partial charge in [-0.05, 0) is 43.4 Å². The van der Waals surface area contributed by atoms with E-state index in [9.17, 15) is 4.79 Å². The number of amides is 2. The molecule has 0 heterocycles. The lowest BCUT2D eigenvalue weighted by molar-refractivity contribution is 0.201. The molecule has 1 unspecified atom stereocenters. The van der Waals surface area contributed by atoms with Crippen molar-refractivity contribution in [1.82, 2.24) is 4.90 Å². The third-order valence-electron chi connectivity index (χ3n) is 3.47. The molecule has 1 aromatic carbocycles. The zero-order valence-corrected chi connectivity index (χ0v) is 12.6. The lowest BCUT2D eigenvalue weighted by atomic mass is 10.1. The third kappa shape index (κ3) is 3.97. The van der Waals surface area contributed by atoms with Crippen LogP contribution in [-0.2, 0) is 0 Å². The number of benzene rings is 1. The maximum atomic E-state index is 12.4. The lowest BCUT2D eigenvalue weighted by Gasteiger charge is -2.25. The highest BCUT2D eigenvalue weighted by Crippen LogP contribution is 2.28. The standard InChI is InChI=1S/C16H25N3O/c1-11(2)10-19(15-7-8-15)16(20)18-14-6-4-5-13(9-14)12(3)17/h4-6,9,11-12,15H,7-8,10,17H2,1-3H3,(H,18,20). The number of hydrogen-bond donors (Lipinski definition) is 2. The van der Waals surface area contributed by atoms with Crippen LogP contribution in [0.5, 0.6) is 0 Å². The van der Waals surface area contributed by atoms with E-state index in [0.29, 0.717) is 12.0 Å². The predicted octanol–water partition coefficient (Wildman–Crippen LogP) is 3.36. The van der Waals surface area contributed by atoms with E-state index in [1.54, 1.807) is 0 Å². The number of anilines is 1. The van der Waals surface area contributed by atoms with Gasteiger partial charge in [-0.1, -0.05) is 26.0 Å². The number of nitrogens with zero attached hydrogens (tertiary/aromatic N) is 1. The molecule has 110 valence electrons. The fourth-order valence-electron chi connectivity index (χ4n) is 2.27. The number of carbonyl (C=O) groups excluding carboxylic acids is 1. The largest absolute Gasteiger partial charge is 0.324 e. The fourth-order valence-corrected chi connectivity index (χ4v) is 2.27. The van der Waals surface area contributed by atoms with Crippen molar-refractivity contribution in [1.29, 1.82) is 0 Å². The first-order valence-corrected chi connectivity index (χ1v) is 7.40. The van der Waals surface area contributed by atoms with Gasteiger partial charge in [-0.15, -0.1) is 0 Å². The second kappa shape index (κ2) is 6.27. The summed E-state index contributed by atoms with van der Waals surface area (Å²) in [7, 11) is 0. The molecular weight excluding hydrogens is 250 g/mol. The van der Waals surface area contributed by atoms with E-state index in [0.717, 1.165) is 30.6 Å². The number of urea groups is 1. The van der Waals surface area contributed by atoms with Crippen molar-refractivity contribution in [2.45, 2.75) is 45.7 Å². The van der Waals surface area contributed by atoms with Crippen LogP contribution < -0.4 is 11.1 Å². The number of hydrogen-bond acceptors (Lipinski definition) is 2. The lowest BCUT2D eigenvalue weighted by Crippen LogP contribution is -2.39. The summed E-state index contributed by atoms with van der Waals surface area (Å²) < 4.78 is 0. The minimum absolute atomic E-state index is 0.00280. The van der Waals surface area contributed by atoms with Gasteiger partial charge in [0.1, 0.15) is 0 Å². The van der Waals surface area contributed by atoms with E-state index < -0.39 is 0 Å². The SMILES string of the molecule is CC(C)CN(C(=O)Nc1cccc(C(C)N)c1)C1CC1. The second-order valence-corrected chi connectivity index (χ2v) is 6.12. The van der Waals surface area contributed by atoms with Crippen LogP contribution in [0.1, 0.15) is 45.2 Å². The molecule has 1 fully saturated rings. The molecule has 0 bridgehead atoms. The molecule has 1 aliphatic carbocycles. The highest BCUT2D eigenvalue weighted by Gasteiger charge is 2.32. The van der Waals surface area contributed by atoms with E-state index in [4.69, 9.17) is 5.73 Å². The zero-order valence-electron chi connectivity index (χ0n) is 12.6. The van der Waals surface area contributed by atoms with Gasteiger partial charge in [0.15, 0.2) is 0 Å². The molecule has 0 aliphatic heterocycles. The number of nitrogens with one attached hydrogen (secondary N) is 1. The van der Waals surface area contributed by atoms with E-state index >= 15 is 0 Å². The van der Waals surface area contributed by atoms with Crippen molar-refractivity contribution in [3.05, 3.63) is 29.8 Å². The highest BCUT2D eigenvalue weighted by atomic mass is 16.2. The molecule has 20 heavy (non-hydrogen) atoms. The molecule has 2 amide bonds. The molecule has 0 saturated heterocycles. The summed E-state index contributed by atoms with van der Waals surface area (Å²) in [6.45, 7) is 7.03. The smallest absolute Gasteiger partial charge is 0.322 e. The summed E-state index contributed by atoms with van der Waals surface area (Å²) in [5.74, 6) is 0.483. The van der Waals surface area contributed by atoms with E-state index in [1.807, 2.05) is 36.1 Å². The topological polar surface area (TPSA) is 58.4 Å². The summed E-state index contributed by atoms with van der Waals surface area (Å²) in [5, 5.41) is 3.00. The minimum atomic E-state index is -0.0259. The average molecular weight is 275 g/mol. The van der Waals surface area contributed by atoms with Gasteiger partial charge >= 0.3 is 6.03 Å². The van der Waals surface area contributed by atoms with Crippen LogP contribution in [-0.4, -0.2) is 23.5 Å². The Hall–Kier alpha value is -1.55. The summed E-state index contributed by atoms with van der Waals surface area (Å²) >= 11 is 0. The van der Waals surface area contributed by atoms with Crippen LogP contribution in [0.4, 0.5) is 10.5 Å². The molecule has 3 N–H and O–H groups in total. The first-order chi connectivity index (χ1) is 9.47. The van der Waals surface area contributed by atoms with Crippen LogP contribution in [0, 0.1) is 5.92 Å². The highest BCUT2D eigenvalue weighted by molar-refractivity contribution is 5.89. The molecule has 0 aromatic heterocycles. The summed E-state index contributed by atoms with van der Waals surface area (Å²) in [6, 6.07) is 8.16. The first-order valence-electron chi connectivity index (χ1n) is 7.40. The second-order valence-electron chi connectivity index (χ2n) is 6.12. The molecular formula is C16H25N3O. The van der Waals surface area contributed by atoms with Crippen LogP contribution in [0.25, 0.3) is 0 Å². The Bertz CT molecular complexity index is 467. The Morgan fingerprint density at radius 2 is 2.10 bits per heavy atom. The van der Waals surface area contributed by atoms with Crippen molar-refractivity contribution >= 4 is 11.7 Å². The van der Waals surface area contributed by atoms with Crippen molar-refractivity contribution in [3.63, 3.8) is 0 Å². The minimum Gasteiger partial charge on any atom is -0.324 e. The molecule has 2 rings (SSSR count).